The maximum atomic E-state index is 11.3. The summed E-state index contributed by atoms with van der Waals surface area (Å²) < 4.78 is 5.26. The molecule has 13 heavy (non-hydrogen) atoms. The molecule has 2 unspecified atom stereocenters. The molecule has 1 N–H and O–H groups in total. The number of nitrogens with one attached hydrogen (secondary N) is 1. The number of hydrogen-bond acceptors (Lipinski definition) is 3. The highest BCUT2D eigenvalue weighted by atomic mass is 16.5. The number of rotatable bonds is 5. The molecule has 2 atom stereocenters. The van der Waals surface area contributed by atoms with E-state index in [0.29, 0.717) is 13.2 Å². The molecule has 1 aliphatic heterocycles. The van der Waals surface area contributed by atoms with E-state index < -0.39 is 0 Å². The van der Waals surface area contributed by atoms with Gasteiger partial charge in [-0.15, -0.1) is 0 Å². The standard InChI is InChI=1S/C10H17NO2/c1-3-5-11-9-7-13-6-8(9)10(12)4-2/h4,8-9,11H,2-3,5-7H2,1H3. The first-order valence-electron chi connectivity index (χ1n) is 4.77. The third-order valence-corrected chi connectivity index (χ3v) is 2.30. The first kappa shape index (κ1) is 10.4. The zero-order chi connectivity index (χ0) is 9.68. The Balaban J connectivity index is 2.43. The lowest BCUT2D eigenvalue weighted by atomic mass is 9.98. The molecule has 0 aromatic rings. The Morgan fingerprint density at radius 2 is 2.46 bits per heavy atom. The van der Waals surface area contributed by atoms with Crippen LogP contribution in [0.4, 0.5) is 0 Å². The van der Waals surface area contributed by atoms with E-state index in [1.54, 1.807) is 0 Å². The minimum atomic E-state index is -0.0240. The van der Waals surface area contributed by atoms with Crippen LogP contribution in [-0.4, -0.2) is 31.6 Å². The molecular formula is C10H17NO2. The topological polar surface area (TPSA) is 38.3 Å². The molecule has 0 aromatic heterocycles. The Labute approximate surface area is 79.2 Å². The number of carbonyl (C=O) groups is 1. The fraction of sp³-hybridized carbons (Fsp3) is 0.700. The zero-order valence-corrected chi connectivity index (χ0v) is 8.08. The molecule has 0 saturated carbocycles. The van der Waals surface area contributed by atoms with Crippen molar-refractivity contribution in [1.29, 1.82) is 0 Å². The molecule has 0 amide bonds. The molecule has 3 heteroatoms. The molecule has 0 spiro atoms. The average Bonchev–Trinajstić information content (AvgIpc) is 2.61. The van der Waals surface area contributed by atoms with Crippen molar-refractivity contribution < 1.29 is 9.53 Å². The highest BCUT2D eigenvalue weighted by molar-refractivity contribution is 5.92. The SMILES string of the molecule is C=CC(=O)C1COCC1NCCC. The molecule has 0 radical (unpaired) electrons. The van der Waals surface area contributed by atoms with Gasteiger partial charge in [0.15, 0.2) is 5.78 Å². The van der Waals surface area contributed by atoms with E-state index in [2.05, 4.69) is 18.8 Å². The van der Waals surface area contributed by atoms with Gasteiger partial charge in [0.1, 0.15) is 0 Å². The van der Waals surface area contributed by atoms with Crippen molar-refractivity contribution in [2.24, 2.45) is 5.92 Å². The summed E-state index contributed by atoms with van der Waals surface area (Å²) in [6, 6.07) is 0.186. The third kappa shape index (κ3) is 2.64. The minimum Gasteiger partial charge on any atom is -0.379 e. The summed E-state index contributed by atoms with van der Waals surface area (Å²) >= 11 is 0. The van der Waals surface area contributed by atoms with Crippen molar-refractivity contribution >= 4 is 5.78 Å². The molecule has 1 heterocycles. The summed E-state index contributed by atoms with van der Waals surface area (Å²) in [6.07, 6.45) is 2.46. The van der Waals surface area contributed by atoms with Crippen LogP contribution in [0.5, 0.6) is 0 Å². The van der Waals surface area contributed by atoms with Gasteiger partial charge in [-0.1, -0.05) is 13.5 Å². The van der Waals surface area contributed by atoms with Gasteiger partial charge in [-0.25, -0.2) is 0 Å². The van der Waals surface area contributed by atoms with Crippen molar-refractivity contribution in [1.82, 2.24) is 5.32 Å². The predicted octanol–water partition coefficient (Wildman–Crippen LogP) is 0.756. The normalized spacial score (nSPS) is 27.5. The smallest absolute Gasteiger partial charge is 0.162 e. The van der Waals surface area contributed by atoms with E-state index in [9.17, 15) is 4.79 Å². The highest BCUT2D eigenvalue weighted by Crippen LogP contribution is 2.15. The average molecular weight is 183 g/mol. The summed E-state index contributed by atoms with van der Waals surface area (Å²) in [5.41, 5.74) is 0. The number of ketones is 1. The Kier molecular flexibility index (Phi) is 4.12. The third-order valence-electron chi connectivity index (χ3n) is 2.30. The summed E-state index contributed by atoms with van der Waals surface area (Å²) in [5, 5.41) is 3.30. The summed E-state index contributed by atoms with van der Waals surface area (Å²) in [7, 11) is 0. The number of allylic oxidation sites excluding steroid dienone is 1. The van der Waals surface area contributed by atoms with Crippen LogP contribution >= 0.6 is 0 Å². The van der Waals surface area contributed by atoms with Gasteiger partial charge in [0.05, 0.1) is 19.1 Å². The van der Waals surface area contributed by atoms with Crippen LogP contribution in [0.3, 0.4) is 0 Å². The van der Waals surface area contributed by atoms with Gasteiger partial charge in [0.25, 0.3) is 0 Å². The van der Waals surface area contributed by atoms with E-state index in [4.69, 9.17) is 4.74 Å². The van der Waals surface area contributed by atoms with Crippen molar-refractivity contribution in [2.75, 3.05) is 19.8 Å². The van der Waals surface area contributed by atoms with Crippen LogP contribution in [0, 0.1) is 5.92 Å². The van der Waals surface area contributed by atoms with Crippen LogP contribution in [-0.2, 0) is 9.53 Å². The summed E-state index contributed by atoms with van der Waals surface area (Å²) in [5.74, 6) is 0.0650. The highest BCUT2D eigenvalue weighted by Gasteiger charge is 2.31. The van der Waals surface area contributed by atoms with E-state index >= 15 is 0 Å². The Hall–Kier alpha value is -0.670. The van der Waals surface area contributed by atoms with E-state index in [0.717, 1.165) is 13.0 Å². The first-order chi connectivity index (χ1) is 6.29. The van der Waals surface area contributed by atoms with Gasteiger partial charge in [-0.3, -0.25) is 4.79 Å². The Morgan fingerprint density at radius 3 is 3.08 bits per heavy atom. The fourth-order valence-corrected chi connectivity index (χ4v) is 1.52. The summed E-state index contributed by atoms with van der Waals surface area (Å²) in [6.45, 7) is 7.71. The second kappa shape index (κ2) is 5.14. The van der Waals surface area contributed by atoms with Crippen LogP contribution < -0.4 is 5.32 Å². The molecule has 1 aliphatic rings. The molecule has 0 aromatic carbocycles. The lowest BCUT2D eigenvalue weighted by Gasteiger charge is -2.15. The second-order valence-corrected chi connectivity index (χ2v) is 3.31. The van der Waals surface area contributed by atoms with E-state index in [1.807, 2.05) is 0 Å². The molecule has 1 fully saturated rings. The lowest BCUT2D eigenvalue weighted by molar-refractivity contribution is -0.118. The van der Waals surface area contributed by atoms with Gasteiger partial charge in [0.2, 0.25) is 0 Å². The number of carbonyl (C=O) groups excluding carboxylic acids is 1. The number of ether oxygens (including phenoxy) is 1. The molecule has 3 nitrogen and oxygen atoms in total. The zero-order valence-electron chi connectivity index (χ0n) is 8.08. The minimum absolute atomic E-state index is 0.0240. The molecular weight excluding hydrogens is 166 g/mol. The van der Waals surface area contributed by atoms with Crippen LogP contribution in [0.15, 0.2) is 12.7 Å². The number of hydrogen-bond donors (Lipinski definition) is 1. The second-order valence-electron chi connectivity index (χ2n) is 3.31. The molecule has 0 bridgehead atoms. The van der Waals surface area contributed by atoms with Crippen molar-refractivity contribution in [3.63, 3.8) is 0 Å². The van der Waals surface area contributed by atoms with Crippen molar-refractivity contribution in [3.05, 3.63) is 12.7 Å². The fourth-order valence-electron chi connectivity index (χ4n) is 1.52. The molecule has 1 rings (SSSR count). The van der Waals surface area contributed by atoms with Gasteiger partial charge in [0, 0.05) is 6.04 Å². The lowest BCUT2D eigenvalue weighted by Crippen LogP contribution is -2.39. The van der Waals surface area contributed by atoms with E-state index in [-0.39, 0.29) is 17.7 Å². The van der Waals surface area contributed by atoms with Gasteiger partial charge in [-0.05, 0) is 19.0 Å². The largest absolute Gasteiger partial charge is 0.379 e. The quantitative estimate of drug-likeness (QED) is 0.639. The van der Waals surface area contributed by atoms with Crippen molar-refractivity contribution in [2.45, 2.75) is 19.4 Å². The maximum absolute atomic E-state index is 11.3. The van der Waals surface area contributed by atoms with Gasteiger partial charge in [-0.2, -0.15) is 0 Å². The van der Waals surface area contributed by atoms with Crippen molar-refractivity contribution in [3.8, 4) is 0 Å². The van der Waals surface area contributed by atoms with Gasteiger partial charge < -0.3 is 10.1 Å². The molecule has 1 saturated heterocycles. The van der Waals surface area contributed by atoms with Crippen LogP contribution in [0.2, 0.25) is 0 Å². The Morgan fingerprint density at radius 1 is 1.69 bits per heavy atom. The molecule has 74 valence electrons. The first-order valence-corrected chi connectivity index (χ1v) is 4.77. The Bertz CT molecular complexity index is 191. The monoisotopic (exact) mass is 183 g/mol. The van der Waals surface area contributed by atoms with Crippen LogP contribution in [0.1, 0.15) is 13.3 Å². The summed E-state index contributed by atoms with van der Waals surface area (Å²) in [4.78, 5) is 11.3. The predicted molar refractivity (Wildman–Crippen MR) is 51.6 cm³/mol. The van der Waals surface area contributed by atoms with Gasteiger partial charge >= 0.3 is 0 Å². The van der Waals surface area contributed by atoms with E-state index in [1.165, 1.54) is 6.08 Å². The maximum Gasteiger partial charge on any atom is 0.162 e. The molecule has 0 aliphatic carbocycles. The van der Waals surface area contributed by atoms with Crippen LogP contribution in [0.25, 0.3) is 0 Å².